The molecular weight excluding hydrogens is 297 g/mol. The van der Waals surface area contributed by atoms with Crippen molar-refractivity contribution in [3.63, 3.8) is 0 Å². The van der Waals surface area contributed by atoms with Crippen molar-refractivity contribution in [2.45, 2.75) is 37.0 Å². The molecule has 4 heteroatoms. The Kier molecular flexibility index (Phi) is 50.6. The summed E-state index contributed by atoms with van der Waals surface area (Å²) in [7, 11) is 0. The molecule has 0 spiro atoms. The molecule has 10 heavy (non-hydrogen) atoms. The summed E-state index contributed by atoms with van der Waals surface area (Å²) in [5.74, 6) is 0. The van der Waals surface area contributed by atoms with E-state index in [-0.39, 0.29) is 37.2 Å². The van der Waals surface area contributed by atoms with Crippen molar-refractivity contribution in [3.8, 4) is 0 Å². The van der Waals surface area contributed by atoms with Gasteiger partial charge in [-0.2, -0.15) is 0 Å². The van der Waals surface area contributed by atoms with E-state index in [4.69, 9.17) is 0 Å². The minimum absolute atomic E-state index is 0. The van der Waals surface area contributed by atoms with Gasteiger partial charge in [0.1, 0.15) is 0 Å². The molecule has 0 saturated carbocycles. The van der Waals surface area contributed by atoms with Gasteiger partial charge in [0.2, 0.25) is 0 Å². The van der Waals surface area contributed by atoms with Crippen LogP contribution in [0, 0.1) is 0 Å². The van der Waals surface area contributed by atoms with Crippen LogP contribution in [-0.2, 0) is 0 Å². The van der Waals surface area contributed by atoms with E-state index in [9.17, 15) is 0 Å². The Hall–Kier alpha value is 1.67. The molecule has 0 nitrogen and oxygen atoms in total. The average Bonchev–Trinajstić information content (AvgIpc) is 1.69. The Morgan fingerprint density at radius 2 is 1.40 bits per heavy atom. The van der Waals surface area contributed by atoms with Crippen LogP contribution in [0.2, 0.25) is 4.44 Å². The van der Waals surface area contributed by atoms with Gasteiger partial charge in [-0.05, 0) is 0 Å². The van der Waals surface area contributed by atoms with Crippen LogP contribution < -0.4 is 0 Å². The third-order valence-electron chi connectivity index (χ3n) is 1.03. The normalized spacial score (nSPS) is 6.60. The average molecular weight is 313 g/mol. The molecule has 3 radical (unpaired) electrons. The largest absolute Gasteiger partial charge is 0.147 e. The Morgan fingerprint density at radius 3 is 1.70 bits per heavy atom. The molecule has 0 N–H and O–H groups in total. The van der Waals surface area contributed by atoms with Crippen molar-refractivity contribution in [1.29, 1.82) is 0 Å². The number of rotatable bonds is 4. The molecule has 65 valence electrons. The van der Waals surface area contributed by atoms with Gasteiger partial charge in [-0.1, -0.05) is 0 Å². The van der Waals surface area contributed by atoms with Gasteiger partial charge in [-0.3, -0.25) is 0 Å². The van der Waals surface area contributed by atoms with E-state index < -0.39 is 0 Å². The van der Waals surface area contributed by atoms with Crippen LogP contribution in [0.25, 0.3) is 0 Å². The Balaban J connectivity index is -0.0000000600. The molecule has 0 aliphatic carbocycles. The van der Waals surface area contributed by atoms with Crippen molar-refractivity contribution < 1.29 is 0 Å². The molecule has 0 aliphatic heterocycles. The van der Waals surface area contributed by atoms with Crippen molar-refractivity contribution in [3.05, 3.63) is 0 Å². The monoisotopic (exact) mass is 313 g/mol. The maximum atomic E-state index is 2.25. The summed E-state index contributed by atoms with van der Waals surface area (Å²) in [4.78, 5) is 0. The summed E-state index contributed by atoms with van der Waals surface area (Å²) in [6.45, 7) is 2.25. The van der Waals surface area contributed by atoms with E-state index in [0.717, 1.165) is 0 Å². The predicted octanol–water partition coefficient (Wildman–Crippen LogP) is 3.42. The van der Waals surface area contributed by atoms with Crippen molar-refractivity contribution in [2.24, 2.45) is 0 Å². The van der Waals surface area contributed by atoms with Crippen molar-refractivity contribution in [1.82, 2.24) is 0 Å². The fourth-order valence-corrected chi connectivity index (χ4v) is 1.27. The third-order valence-corrected chi connectivity index (χ3v) is 2.04. The van der Waals surface area contributed by atoms with Gasteiger partial charge in [0, 0.05) is 0 Å². The number of hydrogen-bond acceptors (Lipinski definition) is 0. The maximum Gasteiger partial charge on any atom is -0.147 e. The van der Waals surface area contributed by atoms with E-state index in [1.165, 1.54) is 30.1 Å². The molecule has 0 fully saturated rings. The van der Waals surface area contributed by atoms with Gasteiger partial charge in [0.15, 0.2) is 0 Å². The first-order valence-corrected chi connectivity index (χ1v) is 5.08. The Labute approximate surface area is 96.2 Å². The summed E-state index contributed by atoms with van der Waals surface area (Å²) >= 11 is 1.70. The summed E-state index contributed by atoms with van der Waals surface area (Å²) in [5, 5.41) is 0. The summed E-state index contributed by atoms with van der Waals surface area (Å²) in [6, 6.07) is 0. The van der Waals surface area contributed by atoms with Crippen LogP contribution in [0.4, 0.5) is 0 Å². The minimum atomic E-state index is 0. The van der Waals surface area contributed by atoms with Gasteiger partial charge in [0.25, 0.3) is 0 Å². The zero-order chi connectivity index (χ0) is 5.54. The second kappa shape index (κ2) is 22.4. The SMILES string of the molecule is CCCCC[CH2][Sn].Cl.Cl.Cl. The predicted molar refractivity (Wildman–Crippen MR) is 56.4 cm³/mol. The number of unbranched alkanes of at least 4 members (excludes halogenated alkanes) is 3. The van der Waals surface area contributed by atoms with Gasteiger partial charge < -0.3 is 0 Å². The second-order valence-electron chi connectivity index (χ2n) is 1.81. The Bertz CT molecular complexity index is 32.2. The topological polar surface area (TPSA) is 0 Å². The zero-order valence-electron chi connectivity index (χ0n) is 6.26. The smallest absolute Gasteiger partial charge is 0.147 e. The summed E-state index contributed by atoms with van der Waals surface area (Å²) in [6.07, 6.45) is 5.73. The van der Waals surface area contributed by atoms with E-state index in [2.05, 4.69) is 6.92 Å². The summed E-state index contributed by atoms with van der Waals surface area (Å²) in [5.41, 5.74) is 0. The van der Waals surface area contributed by atoms with Crippen LogP contribution in [0.5, 0.6) is 0 Å². The fraction of sp³-hybridized carbons (Fsp3) is 1.00. The molecular formula is C6H16Cl3Sn. The van der Waals surface area contributed by atoms with Crippen LogP contribution >= 0.6 is 37.2 Å². The van der Waals surface area contributed by atoms with E-state index in [0.29, 0.717) is 0 Å². The molecule has 0 aromatic rings. The van der Waals surface area contributed by atoms with Crippen LogP contribution in [0.3, 0.4) is 0 Å². The molecule has 0 amide bonds. The maximum absolute atomic E-state index is 2.25. The molecule has 0 rings (SSSR count). The van der Waals surface area contributed by atoms with Gasteiger partial charge >= 0.3 is 59.6 Å². The van der Waals surface area contributed by atoms with Crippen LogP contribution in [0.15, 0.2) is 0 Å². The molecule has 0 heterocycles. The Morgan fingerprint density at radius 1 is 0.900 bits per heavy atom. The second-order valence-corrected chi connectivity index (χ2v) is 3.24. The summed E-state index contributed by atoms with van der Waals surface area (Å²) < 4.78 is 1.45. The van der Waals surface area contributed by atoms with Gasteiger partial charge in [-0.25, -0.2) is 0 Å². The molecule has 0 unspecified atom stereocenters. The van der Waals surface area contributed by atoms with Crippen LogP contribution in [0.1, 0.15) is 32.6 Å². The van der Waals surface area contributed by atoms with Crippen LogP contribution in [-0.4, -0.2) is 22.5 Å². The zero-order valence-corrected chi connectivity index (χ0v) is 11.6. The quantitative estimate of drug-likeness (QED) is 0.551. The third kappa shape index (κ3) is 22.6. The minimum Gasteiger partial charge on any atom is -0.147 e. The van der Waals surface area contributed by atoms with Gasteiger partial charge in [-0.15, -0.1) is 37.2 Å². The first-order valence-electron chi connectivity index (χ1n) is 3.06. The number of halogens is 3. The first-order chi connectivity index (χ1) is 3.41. The van der Waals surface area contributed by atoms with Crippen molar-refractivity contribution in [2.75, 3.05) is 0 Å². The van der Waals surface area contributed by atoms with E-state index >= 15 is 0 Å². The molecule has 0 aliphatic rings. The fourth-order valence-electron chi connectivity index (χ4n) is 0.552. The molecule has 0 saturated heterocycles. The number of hydrogen-bond donors (Lipinski definition) is 0. The molecule has 0 aromatic carbocycles. The molecule has 0 aromatic heterocycles. The van der Waals surface area contributed by atoms with Gasteiger partial charge in [0.05, 0.1) is 0 Å². The molecule has 0 bridgehead atoms. The van der Waals surface area contributed by atoms with E-state index in [1.54, 1.807) is 22.5 Å². The molecule has 0 atom stereocenters. The van der Waals surface area contributed by atoms with Crippen molar-refractivity contribution >= 4 is 59.7 Å². The van der Waals surface area contributed by atoms with E-state index in [1.807, 2.05) is 0 Å². The first kappa shape index (κ1) is 22.6. The standard InChI is InChI=1S/C6H13.3ClH.Sn/c1-3-5-6-4-2;;;;/h1,3-6H2,2H3;3*1H;.